The van der Waals surface area contributed by atoms with Crippen molar-refractivity contribution in [2.45, 2.75) is 38.8 Å². The Morgan fingerprint density at radius 2 is 2.33 bits per heavy atom. The van der Waals surface area contributed by atoms with Gasteiger partial charge >= 0.3 is 0 Å². The Bertz CT molecular complexity index is 849. The molecule has 1 N–H and O–H groups in total. The highest BCUT2D eigenvalue weighted by Gasteiger charge is 2.19. The number of nitrogens with one attached hydrogen (secondary N) is 1. The summed E-state index contributed by atoms with van der Waals surface area (Å²) in [7, 11) is 0. The number of nitro benzene ring substituents is 1. The van der Waals surface area contributed by atoms with Crippen molar-refractivity contribution >= 4 is 34.1 Å². The number of benzene rings is 1. The molecule has 1 saturated heterocycles. The lowest BCUT2D eigenvalue weighted by Gasteiger charge is -2.32. The first-order chi connectivity index (χ1) is 13.0. The van der Waals surface area contributed by atoms with Crippen molar-refractivity contribution in [1.82, 2.24) is 9.88 Å². The number of nitro groups is 1. The van der Waals surface area contributed by atoms with Gasteiger partial charge in [-0.05, 0) is 37.9 Å². The van der Waals surface area contributed by atoms with Crippen LogP contribution in [0.3, 0.4) is 0 Å². The number of nitrogens with zero attached hydrogens (tertiary/aromatic N) is 3. The zero-order valence-corrected chi connectivity index (χ0v) is 15.9. The van der Waals surface area contributed by atoms with Gasteiger partial charge in [-0.25, -0.2) is 4.98 Å². The van der Waals surface area contributed by atoms with E-state index in [4.69, 9.17) is 0 Å². The second-order valence-electron chi connectivity index (χ2n) is 6.62. The fourth-order valence-electron chi connectivity index (χ4n) is 3.09. The molecule has 1 fully saturated rings. The number of piperidine rings is 1. The summed E-state index contributed by atoms with van der Waals surface area (Å²) in [4.78, 5) is 30.3. The molecule has 1 aliphatic rings. The summed E-state index contributed by atoms with van der Waals surface area (Å²) >= 11 is 1.48. The summed E-state index contributed by atoms with van der Waals surface area (Å²) in [5.74, 6) is -0.311. The minimum Gasteiger partial charge on any atom is -0.298 e. The normalized spacial score (nSPS) is 17.9. The van der Waals surface area contributed by atoms with E-state index in [-0.39, 0.29) is 11.6 Å². The monoisotopic (exact) mass is 386 g/mol. The maximum atomic E-state index is 12.1. The highest BCUT2D eigenvalue weighted by molar-refractivity contribution is 7.15. The van der Waals surface area contributed by atoms with Gasteiger partial charge < -0.3 is 0 Å². The van der Waals surface area contributed by atoms with Gasteiger partial charge in [-0.3, -0.25) is 25.1 Å². The summed E-state index contributed by atoms with van der Waals surface area (Å²) in [6.45, 7) is 4.21. The third-order valence-corrected chi connectivity index (χ3v) is 5.49. The largest absolute Gasteiger partial charge is 0.298 e. The molecule has 2 aromatic rings. The number of rotatable bonds is 6. The Labute approximate surface area is 161 Å². The number of hydrogen-bond acceptors (Lipinski definition) is 6. The van der Waals surface area contributed by atoms with Crippen LogP contribution in [0, 0.1) is 10.1 Å². The van der Waals surface area contributed by atoms with E-state index in [0.29, 0.717) is 16.7 Å². The summed E-state index contributed by atoms with van der Waals surface area (Å²) in [5, 5.41) is 14.1. The molecular weight excluding hydrogens is 364 g/mol. The number of amides is 1. The molecule has 0 spiro atoms. The average molecular weight is 386 g/mol. The molecule has 1 aromatic carbocycles. The molecule has 2 heterocycles. The molecule has 1 atom stereocenters. The van der Waals surface area contributed by atoms with Crippen LogP contribution in [0.15, 0.2) is 36.5 Å². The first-order valence-electron chi connectivity index (χ1n) is 8.93. The van der Waals surface area contributed by atoms with Gasteiger partial charge in [0, 0.05) is 41.9 Å². The summed E-state index contributed by atoms with van der Waals surface area (Å²) in [5.41, 5.74) is 0.590. The second kappa shape index (κ2) is 8.88. The Morgan fingerprint density at radius 3 is 3.11 bits per heavy atom. The maximum absolute atomic E-state index is 12.1. The van der Waals surface area contributed by atoms with Crippen molar-refractivity contribution in [3.8, 4) is 0 Å². The van der Waals surface area contributed by atoms with Crippen LogP contribution in [-0.4, -0.2) is 33.3 Å². The van der Waals surface area contributed by atoms with Crippen LogP contribution in [0.1, 0.15) is 36.6 Å². The predicted octanol–water partition coefficient (Wildman–Crippen LogP) is 4.08. The molecule has 142 valence electrons. The smallest absolute Gasteiger partial charge is 0.270 e. The second-order valence-corrected chi connectivity index (χ2v) is 7.74. The lowest BCUT2D eigenvalue weighted by Crippen LogP contribution is -2.36. The van der Waals surface area contributed by atoms with Crippen molar-refractivity contribution in [3.05, 3.63) is 57.1 Å². The molecule has 1 unspecified atom stereocenters. The molecule has 1 aromatic heterocycles. The topological polar surface area (TPSA) is 88.4 Å². The van der Waals surface area contributed by atoms with Crippen molar-refractivity contribution in [2.24, 2.45) is 0 Å². The zero-order valence-electron chi connectivity index (χ0n) is 15.1. The van der Waals surface area contributed by atoms with E-state index in [1.165, 1.54) is 48.8 Å². The van der Waals surface area contributed by atoms with Crippen LogP contribution in [0.2, 0.25) is 0 Å². The van der Waals surface area contributed by atoms with Crippen LogP contribution in [-0.2, 0) is 11.3 Å². The number of likely N-dealkylation sites (tertiary alicyclic amines) is 1. The van der Waals surface area contributed by atoms with Gasteiger partial charge in [0.25, 0.3) is 5.69 Å². The Hall–Kier alpha value is -2.58. The third-order valence-electron chi connectivity index (χ3n) is 4.59. The maximum Gasteiger partial charge on any atom is 0.270 e. The molecule has 1 amide bonds. The first kappa shape index (κ1) is 19.2. The van der Waals surface area contributed by atoms with Crippen LogP contribution >= 0.6 is 11.3 Å². The SMILES string of the molecule is CC1CCCCN1Cc1cnc(NC(=O)/C=C/c2cccc([N+](=O)[O-])c2)s1. The van der Waals surface area contributed by atoms with Crippen LogP contribution in [0.4, 0.5) is 10.8 Å². The number of non-ortho nitro benzene ring substituents is 1. The Kier molecular flexibility index (Phi) is 6.31. The first-order valence-corrected chi connectivity index (χ1v) is 9.75. The lowest BCUT2D eigenvalue weighted by molar-refractivity contribution is -0.384. The highest BCUT2D eigenvalue weighted by atomic mass is 32.1. The number of aromatic nitrogens is 1. The standard InChI is InChI=1S/C19H22N4O3S/c1-14-5-2-3-10-22(14)13-17-12-20-19(27-17)21-18(24)9-8-15-6-4-7-16(11-15)23(25)26/h4,6-9,11-12,14H,2-3,5,10,13H2,1H3,(H,20,21,24)/b9-8+. The minimum absolute atomic E-state index is 0.00550. The van der Waals surface area contributed by atoms with E-state index in [1.807, 2.05) is 6.20 Å². The quantitative estimate of drug-likeness (QED) is 0.459. The number of carbonyl (C=O) groups is 1. The average Bonchev–Trinajstić information content (AvgIpc) is 3.09. The van der Waals surface area contributed by atoms with Gasteiger partial charge in [-0.15, -0.1) is 11.3 Å². The van der Waals surface area contributed by atoms with E-state index in [0.717, 1.165) is 18.0 Å². The summed E-state index contributed by atoms with van der Waals surface area (Å²) in [6, 6.07) is 6.71. The summed E-state index contributed by atoms with van der Waals surface area (Å²) in [6.07, 6.45) is 8.46. The summed E-state index contributed by atoms with van der Waals surface area (Å²) < 4.78 is 0. The van der Waals surface area contributed by atoms with E-state index in [1.54, 1.807) is 18.2 Å². The van der Waals surface area contributed by atoms with E-state index in [9.17, 15) is 14.9 Å². The molecule has 0 saturated carbocycles. The van der Waals surface area contributed by atoms with Crippen LogP contribution in [0.5, 0.6) is 0 Å². The molecule has 7 nitrogen and oxygen atoms in total. The van der Waals surface area contributed by atoms with Crippen LogP contribution in [0.25, 0.3) is 6.08 Å². The molecule has 0 bridgehead atoms. The van der Waals surface area contributed by atoms with Crippen molar-refractivity contribution in [2.75, 3.05) is 11.9 Å². The lowest BCUT2D eigenvalue weighted by atomic mass is 10.0. The molecule has 0 aliphatic carbocycles. The van der Waals surface area contributed by atoms with Gasteiger partial charge in [-0.1, -0.05) is 18.6 Å². The number of thiazole rings is 1. The fraction of sp³-hybridized carbons (Fsp3) is 0.368. The zero-order chi connectivity index (χ0) is 19.2. The van der Waals surface area contributed by atoms with Crippen molar-refractivity contribution in [1.29, 1.82) is 0 Å². The Morgan fingerprint density at radius 1 is 1.48 bits per heavy atom. The molecular formula is C19H22N4O3S. The number of carbonyl (C=O) groups excluding carboxylic acids is 1. The van der Waals surface area contributed by atoms with Gasteiger partial charge in [0.15, 0.2) is 5.13 Å². The van der Waals surface area contributed by atoms with E-state index >= 15 is 0 Å². The van der Waals surface area contributed by atoms with Gasteiger partial charge in [-0.2, -0.15) is 0 Å². The predicted molar refractivity (Wildman–Crippen MR) is 107 cm³/mol. The van der Waals surface area contributed by atoms with E-state index < -0.39 is 4.92 Å². The highest BCUT2D eigenvalue weighted by Crippen LogP contribution is 2.24. The molecule has 0 radical (unpaired) electrons. The van der Waals surface area contributed by atoms with Gasteiger partial charge in [0.05, 0.1) is 4.92 Å². The minimum atomic E-state index is -0.461. The third kappa shape index (κ3) is 5.45. The molecule has 1 aliphatic heterocycles. The van der Waals surface area contributed by atoms with Crippen molar-refractivity contribution in [3.63, 3.8) is 0 Å². The van der Waals surface area contributed by atoms with Crippen LogP contribution < -0.4 is 5.32 Å². The molecule has 8 heteroatoms. The number of hydrogen-bond donors (Lipinski definition) is 1. The fourth-order valence-corrected chi connectivity index (χ4v) is 3.93. The van der Waals surface area contributed by atoms with Gasteiger partial charge in [0.1, 0.15) is 0 Å². The van der Waals surface area contributed by atoms with Gasteiger partial charge in [0.2, 0.25) is 5.91 Å². The van der Waals surface area contributed by atoms with E-state index in [2.05, 4.69) is 22.1 Å². The molecule has 27 heavy (non-hydrogen) atoms. The molecule has 3 rings (SSSR count). The Balaban J connectivity index is 1.56. The number of anilines is 1. The van der Waals surface area contributed by atoms with Crippen molar-refractivity contribution < 1.29 is 9.72 Å².